The summed E-state index contributed by atoms with van der Waals surface area (Å²) in [6.45, 7) is 0. The monoisotopic (exact) mass is 600 g/mol. The standard InChI is InChI=1S/C26H16N3.ClH.Pt/c1-3-11-21-17(7-1)15-16-25(27-21)24-14-6-13-23(28-24)20-10-5-9-19-18-8-2-4-12-22(18)29-26(19)20;;/h1-16H;1H;/q-1;;+2/p-1. The second-order valence-electron chi connectivity index (χ2n) is 7.13. The molecule has 0 radical (unpaired) electrons. The molecule has 0 aliphatic rings. The summed E-state index contributed by atoms with van der Waals surface area (Å²) in [6, 6.07) is 32.9. The Morgan fingerprint density at radius 2 is 1.29 bits per heavy atom. The Hall–Kier alpha value is -3.00. The minimum Gasteiger partial charge on any atom is -0.656 e. The Morgan fingerprint density at radius 3 is 2.23 bits per heavy atom. The molecular formula is C26H16ClN3Pt. The van der Waals surface area contributed by atoms with Crippen molar-refractivity contribution in [3.63, 3.8) is 0 Å². The van der Waals surface area contributed by atoms with Gasteiger partial charge in [0.2, 0.25) is 0 Å². The fraction of sp³-hybridized carbons (Fsp3) is 0. The molecule has 5 heteroatoms. The number of rotatable bonds is 2. The molecule has 0 spiro atoms. The molecule has 6 aromatic rings. The van der Waals surface area contributed by atoms with Crippen LogP contribution < -0.4 is 4.98 Å². The van der Waals surface area contributed by atoms with Crippen molar-refractivity contribution >= 4 is 42.1 Å². The van der Waals surface area contributed by atoms with Gasteiger partial charge in [-0.1, -0.05) is 72.8 Å². The van der Waals surface area contributed by atoms with Gasteiger partial charge in [0.15, 0.2) is 0 Å². The van der Waals surface area contributed by atoms with Gasteiger partial charge < -0.3 is 4.98 Å². The van der Waals surface area contributed by atoms with Crippen molar-refractivity contribution in [2.45, 2.75) is 0 Å². The van der Waals surface area contributed by atoms with E-state index in [-0.39, 0.29) is 0 Å². The molecule has 0 aliphatic carbocycles. The van der Waals surface area contributed by atoms with Gasteiger partial charge in [-0.25, -0.2) is 9.97 Å². The van der Waals surface area contributed by atoms with E-state index in [0.717, 1.165) is 50.0 Å². The molecule has 0 fully saturated rings. The first-order valence-electron chi connectivity index (χ1n) is 9.76. The number of halogens is 1. The minimum atomic E-state index is 0.862. The van der Waals surface area contributed by atoms with Crippen LogP contribution in [0.25, 0.3) is 55.4 Å². The van der Waals surface area contributed by atoms with E-state index in [4.69, 9.17) is 15.0 Å². The first-order chi connectivity index (χ1) is 15.4. The third-order valence-electron chi connectivity index (χ3n) is 5.35. The smallest absolute Gasteiger partial charge is 0.0894 e. The van der Waals surface area contributed by atoms with Crippen molar-refractivity contribution in [2.24, 2.45) is 0 Å². The quantitative estimate of drug-likeness (QED) is 0.217. The van der Waals surface area contributed by atoms with E-state index in [0.29, 0.717) is 0 Å². The molecule has 152 valence electrons. The number of fused-ring (bicyclic) bond motifs is 4. The second kappa shape index (κ2) is 8.62. The predicted octanol–water partition coefficient (Wildman–Crippen LogP) is 6.91. The van der Waals surface area contributed by atoms with Gasteiger partial charge in [0.25, 0.3) is 0 Å². The van der Waals surface area contributed by atoms with Crippen molar-refractivity contribution in [1.29, 1.82) is 0 Å². The molecule has 31 heavy (non-hydrogen) atoms. The maximum atomic E-state index is 4.94. The molecule has 0 N–H and O–H groups in total. The number of hydrogen-bond acceptors (Lipinski definition) is 2. The molecule has 0 aliphatic heterocycles. The molecule has 0 unspecified atom stereocenters. The minimum absolute atomic E-state index is 0.862. The second-order valence-corrected chi connectivity index (χ2v) is 7.13. The molecule has 3 nitrogen and oxygen atoms in total. The summed E-state index contributed by atoms with van der Waals surface area (Å²) in [6.07, 6.45) is 0. The van der Waals surface area contributed by atoms with Crippen molar-refractivity contribution in [2.75, 3.05) is 0 Å². The summed E-state index contributed by atoms with van der Waals surface area (Å²) in [5, 5.41) is 3.47. The number of hydrogen-bond donors (Lipinski definition) is 0. The van der Waals surface area contributed by atoms with E-state index in [9.17, 15) is 0 Å². The van der Waals surface area contributed by atoms with Crippen LogP contribution in [-0.2, 0) is 18.8 Å². The van der Waals surface area contributed by atoms with E-state index in [2.05, 4.69) is 57.9 Å². The van der Waals surface area contributed by atoms with Gasteiger partial charge in [-0.05, 0) is 40.6 Å². The van der Waals surface area contributed by atoms with Gasteiger partial charge in [0.05, 0.1) is 22.6 Å². The zero-order chi connectivity index (χ0) is 21.2. The predicted molar refractivity (Wildman–Crippen MR) is 125 cm³/mol. The van der Waals surface area contributed by atoms with E-state index in [1.807, 2.05) is 48.5 Å². The third-order valence-corrected chi connectivity index (χ3v) is 5.35. The molecule has 6 rings (SSSR count). The van der Waals surface area contributed by atoms with E-state index < -0.39 is 0 Å². The maximum Gasteiger partial charge on any atom is 0.0894 e. The molecule has 0 amide bonds. The first-order valence-corrected chi connectivity index (χ1v) is 12.6. The number of aromatic nitrogens is 3. The Bertz CT molecular complexity index is 1520. The average Bonchev–Trinajstić information content (AvgIpc) is 3.24. The molecule has 3 heterocycles. The van der Waals surface area contributed by atoms with Crippen LogP contribution in [-0.4, -0.2) is 9.97 Å². The van der Waals surface area contributed by atoms with Gasteiger partial charge >= 0.3 is 28.2 Å². The van der Waals surface area contributed by atoms with Gasteiger partial charge in [-0.3, -0.25) is 0 Å². The third kappa shape index (κ3) is 3.65. The summed E-state index contributed by atoms with van der Waals surface area (Å²) in [5.74, 6) is 0. The fourth-order valence-electron chi connectivity index (χ4n) is 3.94. The molecule has 0 saturated carbocycles. The SMILES string of the molecule is [Cl][Pt+].c1cc(-c2ccc3ccccc3n2)nc(-c2cccc3c2[n-]c2ccccc23)c1. The van der Waals surface area contributed by atoms with Gasteiger partial charge in [0, 0.05) is 5.39 Å². The van der Waals surface area contributed by atoms with Gasteiger partial charge in [0.1, 0.15) is 0 Å². The number of para-hydroxylation sites is 3. The fourth-order valence-corrected chi connectivity index (χ4v) is 3.94. The molecular weight excluding hydrogens is 585 g/mol. The van der Waals surface area contributed by atoms with E-state index >= 15 is 0 Å². The number of nitrogens with zero attached hydrogens (tertiary/aromatic N) is 3. The van der Waals surface area contributed by atoms with Crippen LogP contribution in [0.15, 0.2) is 97.1 Å². The van der Waals surface area contributed by atoms with Crippen LogP contribution in [0, 0.1) is 0 Å². The summed E-state index contributed by atoms with van der Waals surface area (Å²) in [7, 11) is 4.61. The van der Waals surface area contributed by atoms with Crippen LogP contribution in [0.4, 0.5) is 0 Å². The van der Waals surface area contributed by atoms with Crippen LogP contribution in [0.1, 0.15) is 0 Å². The van der Waals surface area contributed by atoms with E-state index in [1.165, 1.54) is 5.39 Å². The maximum absolute atomic E-state index is 4.94. The number of pyridine rings is 2. The normalized spacial score (nSPS) is 10.9. The van der Waals surface area contributed by atoms with Crippen LogP contribution in [0.5, 0.6) is 0 Å². The molecule has 3 aromatic heterocycles. The summed E-state index contributed by atoms with van der Waals surface area (Å²) in [5.41, 5.74) is 6.67. The Labute approximate surface area is 194 Å². The molecule has 3 aromatic carbocycles. The average molecular weight is 601 g/mol. The first kappa shape index (κ1) is 19.9. The largest absolute Gasteiger partial charge is 0.656 e. The van der Waals surface area contributed by atoms with E-state index in [1.54, 1.807) is 18.8 Å². The Kier molecular flexibility index (Phi) is 5.55. The Morgan fingerprint density at radius 1 is 0.581 bits per heavy atom. The zero-order valence-corrected chi connectivity index (χ0v) is 19.3. The summed E-state index contributed by atoms with van der Waals surface area (Å²) < 4.78 is 0. The Balaban J connectivity index is 0.000000994. The van der Waals surface area contributed by atoms with Crippen molar-refractivity contribution in [3.8, 4) is 22.6 Å². The van der Waals surface area contributed by atoms with Crippen LogP contribution in [0.2, 0.25) is 0 Å². The van der Waals surface area contributed by atoms with Crippen LogP contribution in [0.3, 0.4) is 0 Å². The summed E-state index contributed by atoms with van der Waals surface area (Å²) >= 11 is 1.61. The summed E-state index contributed by atoms with van der Waals surface area (Å²) in [4.78, 5) is 14.6. The van der Waals surface area contributed by atoms with Crippen molar-refractivity contribution < 1.29 is 18.8 Å². The van der Waals surface area contributed by atoms with Crippen LogP contribution >= 0.6 is 9.42 Å². The van der Waals surface area contributed by atoms with Crippen molar-refractivity contribution in [3.05, 3.63) is 97.1 Å². The molecule has 0 atom stereocenters. The molecule has 0 bridgehead atoms. The topological polar surface area (TPSA) is 39.9 Å². The van der Waals surface area contributed by atoms with Gasteiger partial charge in [-0.2, -0.15) is 0 Å². The van der Waals surface area contributed by atoms with Crippen molar-refractivity contribution in [1.82, 2.24) is 15.0 Å². The molecule has 0 saturated heterocycles. The zero-order valence-electron chi connectivity index (χ0n) is 16.3. The van der Waals surface area contributed by atoms with Gasteiger partial charge in [-0.15, -0.1) is 11.0 Å². The number of benzene rings is 3.